The first kappa shape index (κ1) is 21.4. The van der Waals surface area contributed by atoms with Crippen molar-refractivity contribution < 1.29 is 43.7 Å². The molecule has 0 spiro atoms. The number of aliphatic carboxylic acids is 2. The number of ketones is 1. The van der Waals surface area contributed by atoms with Gasteiger partial charge in [-0.05, 0) is 6.42 Å². The third-order valence-electron chi connectivity index (χ3n) is 4.06. The average Bonchev–Trinajstić information content (AvgIpc) is 2.62. The van der Waals surface area contributed by atoms with Gasteiger partial charge in [-0.1, -0.05) is 0 Å². The van der Waals surface area contributed by atoms with Gasteiger partial charge in [0.05, 0.1) is 0 Å². The number of Topliss-reactive ketones (excluding diaryl/α,β-unsaturated/α-hetero) is 1. The number of esters is 1. The highest BCUT2D eigenvalue weighted by Gasteiger charge is 2.54. The molecule has 0 saturated carbocycles. The van der Waals surface area contributed by atoms with E-state index in [4.69, 9.17) is 9.84 Å². The van der Waals surface area contributed by atoms with Gasteiger partial charge in [0.15, 0.2) is 0 Å². The van der Waals surface area contributed by atoms with Crippen LogP contribution in [0.1, 0.15) is 26.2 Å². The van der Waals surface area contributed by atoms with Crippen LogP contribution < -0.4 is 5.32 Å². The van der Waals surface area contributed by atoms with E-state index in [0.29, 0.717) is 0 Å². The van der Waals surface area contributed by atoms with E-state index in [1.807, 2.05) is 0 Å². The molecule has 28 heavy (non-hydrogen) atoms. The van der Waals surface area contributed by atoms with Crippen molar-refractivity contribution in [2.45, 2.75) is 37.6 Å². The maximum Gasteiger partial charge on any atom is 0.372 e. The fraction of sp³-hybridized carbons (Fsp3) is 0.500. The molecule has 1 fully saturated rings. The molecule has 2 amide bonds. The van der Waals surface area contributed by atoms with Crippen molar-refractivity contribution in [3.63, 3.8) is 0 Å². The first-order chi connectivity index (χ1) is 13.1. The monoisotopic (exact) mass is 414 g/mol. The van der Waals surface area contributed by atoms with Crippen LogP contribution in [0.15, 0.2) is 11.3 Å². The smallest absolute Gasteiger partial charge is 0.372 e. The van der Waals surface area contributed by atoms with Gasteiger partial charge in [-0.15, -0.1) is 11.8 Å². The molecule has 2 heterocycles. The van der Waals surface area contributed by atoms with Crippen LogP contribution in [-0.4, -0.2) is 74.4 Å². The number of thioether (sulfide) groups is 1. The highest BCUT2D eigenvalue weighted by atomic mass is 32.2. The first-order valence-corrected chi connectivity index (χ1v) is 9.27. The zero-order chi connectivity index (χ0) is 21.0. The van der Waals surface area contributed by atoms with Crippen LogP contribution in [0.5, 0.6) is 0 Å². The average molecular weight is 414 g/mol. The second-order valence-electron chi connectivity index (χ2n) is 6.07. The zero-order valence-corrected chi connectivity index (χ0v) is 15.6. The quantitative estimate of drug-likeness (QED) is 0.245. The summed E-state index contributed by atoms with van der Waals surface area (Å²) in [6, 6.07) is -0.919. The van der Waals surface area contributed by atoms with Crippen LogP contribution in [0.2, 0.25) is 0 Å². The Balaban J connectivity index is 1.96. The van der Waals surface area contributed by atoms with E-state index in [9.17, 15) is 33.9 Å². The second-order valence-corrected chi connectivity index (χ2v) is 7.18. The van der Waals surface area contributed by atoms with Crippen molar-refractivity contribution in [3.8, 4) is 0 Å². The lowest BCUT2D eigenvalue weighted by molar-refractivity contribution is -0.151. The van der Waals surface area contributed by atoms with E-state index in [1.165, 1.54) is 18.7 Å². The summed E-state index contributed by atoms with van der Waals surface area (Å²) >= 11 is 1.23. The fourth-order valence-corrected chi connectivity index (χ4v) is 4.07. The van der Waals surface area contributed by atoms with Crippen LogP contribution in [0.25, 0.3) is 0 Å². The van der Waals surface area contributed by atoms with Gasteiger partial charge >= 0.3 is 17.9 Å². The minimum absolute atomic E-state index is 0.0201. The molecule has 0 aliphatic carbocycles. The molecular weight excluding hydrogens is 396 g/mol. The summed E-state index contributed by atoms with van der Waals surface area (Å²) < 4.78 is 4.83. The molecule has 2 aliphatic heterocycles. The predicted molar refractivity (Wildman–Crippen MR) is 92.8 cm³/mol. The SMILES string of the molecule is CC(=O)OCC1=C(C(=O)O)N2C(=O)[C@@H](NC(=O)CCCC(=O)C(=O)O)C2SC1. The number of nitrogens with zero attached hydrogens (tertiary/aromatic N) is 1. The number of carbonyl (C=O) groups excluding carboxylic acids is 4. The van der Waals surface area contributed by atoms with E-state index >= 15 is 0 Å². The Kier molecular flexibility index (Phi) is 6.78. The van der Waals surface area contributed by atoms with E-state index in [2.05, 4.69) is 5.32 Å². The summed E-state index contributed by atoms with van der Waals surface area (Å²) in [4.78, 5) is 69.3. The minimum atomic E-state index is -1.57. The molecule has 0 radical (unpaired) electrons. The van der Waals surface area contributed by atoms with E-state index < -0.39 is 46.9 Å². The van der Waals surface area contributed by atoms with Crippen LogP contribution in [0.4, 0.5) is 0 Å². The fourth-order valence-electron chi connectivity index (χ4n) is 2.75. The topological polar surface area (TPSA) is 167 Å². The molecule has 0 aromatic rings. The van der Waals surface area contributed by atoms with Gasteiger partial charge in [0.1, 0.15) is 23.7 Å². The molecule has 2 aliphatic rings. The number of carboxylic acid groups (broad SMARTS) is 2. The number of fused-ring (bicyclic) bond motifs is 1. The Hall–Kier alpha value is -2.89. The number of ether oxygens (including phenoxy) is 1. The third kappa shape index (κ3) is 4.68. The molecule has 11 nitrogen and oxygen atoms in total. The highest BCUT2D eigenvalue weighted by Crippen LogP contribution is 2.40. The van der Waals surface area contributed by atoms with E-state index in [-0.39, 0.29) is 42.9 Å². The number of hydrogen-bond donors (Lipinski definition) is 3. The molecule has 152 valence electrons. The van der Waals surface area contributed by atoms with Crippen LogP contribution in [0, 0.1) is 0 Å². The van der Waals surface area contributed by atoms with Gasteiger partial charge in [0, 0.05) is 31.1 Å². The van der Waals surface area contributed by atoms with Crippen LogP contribution >= 0.6 is 11.8 Å². The standard InChI is InChI=1S/C16H18N2O9S/c1-7(19)27-5-8-6-28-14-11(13(22)18(14)12(8)16(25)26)17-10(21)4-2-3-9(20)15(23)24/h11,14H,2-6H2,1H3,(H,17,21)(H,23,24)(H,25,26)/t11-,14?/m1/s1. The van der Waals surface area contributed by atoms with Crippen LogP contribution in [0.3, 0.4) is 0 Å². The van der Waals surface area contributed by atoms with Crippen molar-refractivity contribution in [2.75, 3.05) is 12.4 Å². The van der Waals surface area contributed by atoms with E-state index in [0.717, 1.165) is 4.90 Å². The molecule has 0 aromatic heterocycles. The predicted octanol–water partition coefficient (Wildman–Crippen LogP) is -0.888. The minimum Gasteiger partial charge on any atom is -0.477 e. The Morgan fingerprint density at radius 1 is 1.21 bits per heavy atom. The number of carboxylic acids is 2. The number of hydrogen-bond acceptors (Lipinski definition) is 8. The van der Waals surface area contributed by atoms with Crippen molar-refractivity contribution in [2.24, 2.45) is 0 Å². The molecule has 2 atom stereocenters. The molecule has 0 aromatic carbocycles. The Labute approximate surface area is 163 Å². The van der Waals surface area contributed by atoms with Crippen molar-refractivity contribution in [3.05, 3.63) is 11.3 Å². The summed E-state index contributed by atoms with van der Waals surface area (Å²) in [5.41, 5.74) is 0.0295. The number of nitrogens with one attached hydrogen (secondary N) is 1. The van der Waals surface area contributed by atoms with Gasteiger partial charge in [-0.25, -0.2) is 9.59 Å². The zero-order valence-electron chi connectivity index (χ0n) is 14.8. The maximum absolute atomic E-state index is 12.4. The van der Waals surface area contributed by atoms with Crippen LogP contribution in [-0.2, 0) is 33.5 Å². The summed E-state index contributed by atoms with van der Waals surface area (Å²) in [5, 5.41) is 19.8. The Morgan fingerprint density at radius 3 is 2.46 bits per heavy atom. The largest absolute Gasteiger partial charge is 0.477 e. The van der Waals surface area contributed by atoms with Gasteiger partial charge < -0.3 is 20.3 Å². The Morgan fingerprint density at radius 2 is 1.89 bits per heavy atom. The van der Waals surface area contributed by atoms with Crippen molar-refractivity contribution in [1.82, 2.24) is 10.2 Å². The molecule has 2 rings (SSSR count). The normalized spacial score (nSPS) is 20.8. The van der Waals surface area contributed by atoms with Crippen molar-refractivity contribution >= 4 is 47.3 Å². The van der Waals surface area contributed by atoms with Gasteiger partial charge in [0.2, 0.25) is 11.7 Å². The molecule has 1 saturated heterocycles. The molecule has 12 heteroatoms. The summed E-state index contributed by atoms with van der Waals surface area (Å²) in [6.45, 7) is 0.944. The summed E-state index contributed by atoms with van der Waals surface area (Å²) in [7, 11) is 0. The highest BCUT2D eigenvalue weighted by molar-refractivity contribution is 8.00. The second kappa shape index (κ2) is 8.87. The van der Waals surface area contributed by atoms with Gasteiger partial charge in [-0.2, -0.15) is 0 Å². The van der Waals surface area contributed by atoms with Gasteiger partial charge in [-0.3, -0.25) is 24.1 Å². The summed E-state index contributed by atoms with van der Waals surface area (Å²) in [6.07, 6.45) is -0.414. The lowest BCUT2D eigenvalue weighted by atomic mass is 10.0. The third-order valence-corrected chi connectivity index (χ3v) is 5.40. The number of carbonyl (C=O) groups is 6. The Bertz CT molecular complexity index is 776. The van der Waals surface area contributed by atoms with Gasteiger partial charge in [0.25, 0.3) is 5.91 Å². The molecule has 3 N–H and O–H groups in total. The van der Waals surface area contributed by atoms with Crippen molar-refractivity contribution in [1.29, 1.82) is 0 Å². The van der Waals surface area contributed by atoms with E-state index in [1.54, 1.807) is 0 Å². The number of rotatable bonds is 9. The summed E-state index contributed by atoms with van der Waals surface area (Å²) in [5.74, 6) is -5.42. The first-order valence-electron chi connectivity index (χ1n) is 8.22. The number of β-lactam (4-membered cyclic amide) rings is 1. The lowest BCUT2D eigenvalue weighted by Gasteiger charge is -2.49. The molecular formula is C16H18N2O9S. The maximum atomic E-state index is 12.4. The lowest BCUT2D eigenvalue weighted by Crippen LogP contribution is -2.70. The molecule has 1 unspecified atom stereocenters. The molecule has 0 bridgehead atoms. The number of amides is 2.